The van der Waals surface area contributed by atoms with Gasteiger partial charge in [0.25, 0.3) is 0 Å². The molecule has 0 aromatic heterocycles. The van der Waals surface area contributed by atoms with E-state index in [1.165, 1.54) is 0 Å². The summed E-state index contributed by atoms with van der Waals surface area (Å²) in [5.41, 5.74) is 1.53. The zero-order chi connectivity index (χ0) is 15.8. The van der Waals surface area contributed by atoms with Crippen LogP contribution in [0.1, 0.15) is 36.6 Å². The quantitative estimate of drug-likeness (QED) is 0.801. The highest BCUT2D eigenvalue weighted by Gasteiger charge is 2.62. The molecule has 6 atom stereocenters. The van der Waals surface area contributed by atoms with Gasteiger partial charge >= 0.3 is 0 Å². The fraction of sp³-hybridized carbons (Fsp3) is 0.647. The van der Waals surface area contributed by atoms with Crippen molar-refractivity contribution in [1.29, 1.82) is 0 Å². The lowest BCUT2D eigenvalue weighted by Gasteiger charge is -2.50. The Kier molecular flexibility index (Phi) is 2.81. The molecule has 1 aromatic rings. The fourth-order valence-corrected chi connectivity index (χ4v) is 5.18. The van der Waals surface area contributed by atoms with Crippen molar-refractivity contribution in [1.82, 2.24) is 4.90 Å². The molecule has 2 fully saturated rings. The van der Waals surface area contributed by atoms with Gasteiger partial charge in [0, 0.05) is 30.7 Å². The number of nitrogens with zero attached hydrogens (tertiary/aromatic N) is 1. The maximum atomic E-state index is 10.9. The second-order valence-corrected chi connectivity index (χ2v) is 7.07. The topological polar surface area (TPSA) is 71.4 Å². The largest absolute Gasteiger partial charge is 0.454 e. The number of fused-ring (bicyclic) bond motifs is 2. The first-order valence-corrected chi connectivity index (χ1v) is 8.24. The van der Waals surface area contributed by atoms with Gasteiger partial charge < -0.3 is 24.4 Å². The SMILES string of the molecule is CO[C@@H]1CC[C@]23c4cc5c(cc4[C@H](O)N(C[C@H]2O)[C@H]3C1)OCO5. The zero-order valence-electron chi connectivity index (χ0n) is 13.1. The van der Waals surface area contributed by atoms with Gasteiger partial charge in [-0.2, -0.15) is 0 Å². The predicted molar refractivity (Wildman–Crippen MR) is 80.4 cm³/mol. The molecule has 23 heavy (non-hydrogen) atoms. The Bertz CT molecular complexity index is 665. The summed E-state index contributed by atoms with van der Waals surface area (Å²) in [6.45, 7) is 0.700. The summed E-state index contributed by atoms with van der Waals surface area (Å²) in [6, 6.07) is 3.96. The van der Waals surface area contributed by atoms with Crippen molar-refractivity contribution < 1.29 is 24.4 Å². The molecule has 3 aliphatic heterocycles. The van der Waals surface area contributed by atoms with Crippen LogP contribution < -0.4 is 9.47 Å². The Labute approximate surface area is 134 Å². The molecule has 2 N–H and O–H groups in total. The molecule has 6 nitrogen and oxygen atoms in total. The molecule has 5 rings (SSSR count). The molecule has 1 saturated carbocycles. The van der Waals surface area contributed by atoms with Crippen molar-refractivity contribution in [2.45, 2.75) is 49.2 Å². The fourth-order valence-electron chi connectivity index (χ4n) is 5.18. The van der Waals surface area contributed by atoms with E-state index in [9.17, 15) is 10.2 Å². The average molecular weight is 319 g/mol. The number of aliphatic hydroxyl groups is 2. The first-order valence-electron chi connectivity index (χ1n) is 8.24. The number of ether oxygens (including phenoxy) is 3. The Morgan fingerprint density at radius 1 is 1.26 bits per heavy atom. The van der Waals surface area contributed by atoms with Gasteiger partial charge in [-0.3, -0.25) is 4.90 Å². The van der Waals surface area contributed by atoms with Crippen LogP contribution >= 0.6 is 0 Å². The molecule has 1 aliphatic carbocycles. The molecule has 3 heterocycles. The average Bonchev–Trinajstić information content (AvgIpc) is 3.12. The van der Waals surface area contributed by atoms with Gasteiger partial charge in [-0.15, -0.1) is 0 Å². The Morgan fingerprint density at radius 3 is 2.83 bits per heavy atom. The van der Waals surface area contributed by atoms with Crippen LogP contribution in [0.15, 0.2) is 12.1 Å². The van der Waals surface area contributed by atoms with E-state index in [1.54, 1.807) is 7.11 Å². The molecule has 4 aliphatic rings. The highest BCUT2D eigenvalue weighted by molar-refractivity contribution is 5.55. The van der Waals surface area contributed by atoms with Crippen LogP contribution in [0.2, 0.25) is 0 Å². The smallest absolute Gasteiger partial charge is 0.231 e. The second-order valence-electron chi connectivity index (χ2n) is 7.07. The lowest BCUT2D eigenvalue weighted by molar-refractivity contribution is -0.0655. The molecule has 124 valence electrons. The molecule has 0 spiro atoms. The van der Waals surface area contributed by atoms with Crippen molar-refractivity contribution in [3.63, 3.8) is 0 Å². The first kappa shape index (κ1) is 14.0. The van der Waals surface area contributed by atoms with E-state index in [0.29, 0.717) is 18.0 Å². The van der Waals surface area contributed by atoms with Crippen molar-refractivity contribution in [2.75, 3.05) is 20.4 Å². The van der Waals surface area contributed by atoms with Gasteiger partial charge in [0.2, 0.25) is 6.79 Å². The standard InChI is InChI=1S/C17H21NO5/c1-21-9-2-3-17-11-6-13-12(22-8-23-13)5-10(11)16(20)18(7-15(17)19)14(17)4-9/h5-6,9,14-16,19-20H,2-4,7-8H2,1H3/t9-,14+,15-,16+,17-/m1/s1. The predicted octanol–water partition coefficient (Wildman–Crippen LogP) is 0.902. The van der Waals surface area contributed by atoms with Crippen LogP contribution in [0.4, 0.5) is 0 Å². The molecule has 0 amide bonds. The molecule has 2 bridgehead atoms. The van der Waals surface area contributed by atoms with E-state index >= 15 is 0 Å². The summed E-state index contributed by atoms with van der Waals surface area (Å²) in [4.78, 5) is 2.03. The lowest BCUT2D eigenvalue weighted by atomic mass is 9.61. The monoisotopic (exact) mass is 319 g/mol. The second kappa shape index (κ2) is 4.60. The molecular weight excluding hydrogens is 298 g/mol. The minimum Gasteiger partial charge on any atom is -0.454 e. The first-order chi connectivity index (χ1) is 11.1. The van der Waals surface area contributed by atoms with E-state index in [4.69, 9.17) is 14.2 Å². The highest BCUT2D eigenvalue weighted by Crippen LogP contribution is 2.58. The molecule has 1 aromatic carbocycles. The molecule has 1 saturated heterocycles. The van der Waals surface area contributed by atoms with Crippen LogP contribution in [0.5, 0.6) is 11.5 Å². The van der Waals surface area contributed by atoms with Crippen molar-refractivity contribution >= 4 is 0 Å². The number of hydrogen-bond donors (Lipinski definition) is 2. The third kappa shape index (κ3) is 1.62. The van der Waals surface area contributed by atoms with Crippen LogP contribution in [-0.4, -0.2) is 53.8 Å². The number of aliphatic hydroxyl groups excluding tert-OH is 2. The van der Waals surface area contributed by atoms with E-state index in [0.717, 1.165) is 30.4 Å². The van der Waals surface area contributed by atoms with Crippen molar-refractivity contribution in [2.24, 2.45) is 0 Å². The maximum Gasteiger partial charge on any atom is 0.231 e. The Balaban J connectivity index is 1.70. The zero-order valence-corrected chi connectivity index (χ0v) is 13.1. The van der Waals surface area contributed by atoms with Crippen molar-refractivity contribution in [3.8, 4) is 11.5 Å². The minimum atomic E-state index is -0.717. The van der Waals surface area contributed by atoms with Crippen molar-refractivity contribution in [3.05, 3.63) is 23.3 Å². The van der Waals surface area contributed by atoms with Gasteiger partial charge in [-0.25, -0.2) is 0 Å². The number of methoxy groups -OCH3 is 1. The number of benzene rings is 1. The summed E-state index contributed by atoms with van der Waals surface area (Å²) in [5.74, 6) is 1.39. The summed E-state index contributed by atoms with van der Waals surface area (Å²) < 4.78 is 16.6. The summed E-state index contributed by atoms with van der Waals surface area (Å²) in [6.07, 6.45) is 1.59. The Hall–Kier alpha value is -1.34. The molecule has 6 heteroatoms. The summed E-state index contributed by atoms with van der Waals surface area (Å²) in [7, 11) is 1.74. The molecular formula is C17H21NO5. The van der Waals surface area contributed by atoms with Gasteiger partial charge in [0.05, 0.1) is 12.2 Å². The summed E-state index contributed by atoms with van der Waals surface area (Å²) in [5, 5.41) is 21.8. The Morgan fingerprint density at radius 2 is 2.04 bits per heavy atom. The molecule has 1 unspecified atom stereocenters. The van der Waals surface area contributed by atoms with Gasteiger partial charge in [-0.05, 0) is 37.0 Å². The van der Waals surface area contributed by atoms with Gasteiger partial charge in [0.1, 0.15) is 6.23 Å². The van der Waals surface area contributed by atoms with E-state index in [-0.39, 0.29) is 24.4 Å². The van der Waals surface area contributed by atoms with Gasteiger partial charge in [0.15, 0.2) is 11.5 Å². The number of rotatable bonds is 1. The van der Waals surface area contributed by atoms with Crippen LogP contribution in [0.25, 0.3) is 0 Å². The van der Waals surface area contributed by atoms with E-state index in [1.807, 2.05) is 17.0 Å². The highest BCUT2D eigenvalue weighted by atomic mass is 16.7. The minimum absolute atomic E-state index is 0.0964. The number of hydrogen-bond acceptors (Lipinski definition) is 6. The van der Waals surface area contributed by atoms with Crippen LogP contribution in [-0.2, 0) is 10.2 Å². The van der Waals surface area contributed by atoms with Crippen LogP contribution in [0, 0.1) is 0 Å². The van der Waals surface area contributed by atoms with Crippen LogP contribution in [0.3, 0.4) is 0 Å². The van der Waals surface area contributed by atoms with Gasteiger partial charge in [-0.1, -0.05) is 0 Å². The third-order valence-corrected chi connectivity index (χ3v) is 6.31. The van der Waals surface area contributed by atoms with E-state index < -0.39 is 12.3 Å². The normalized spacial score (nSPS) is 43.2. The summed E-state index contributed by atoms with van der Waals surface area (Å²) >= 11 is 0. The molecule has 0 radical (unpaired) electrons. The van der Waals surface area contributed by atoms with E-state index in [2.05, 4.69) is 0 Å². The third-order valence-electron chi connectivity index (χ3n) is 6.31. The maximum absolute atomic E-state index is 10.9. The lowest BCUT2D eigenvalue weighted by Crippen LogP contribution is -2.55.